The summed E-state index contributed by atoms with van der Waals surface area (Å²) in [5.74, 6) is 0.786. The first-order chi connectivity index (χ1) is 11.6. The van der Waals surface area contributed by atoms with Gasteiger partial charge in [0, 0.05) is 29.6 Å². The van der Waals surface area contributed by atoms with Crippen LogP contribution in [0.1, 0.15) is 36.3 Å². The maximum absolute atomic E-state index is 12.4. The predicted octanol–water partition coefficient (Wildman–Crippen LogP) is 5.33. The summed E-state index contributed by atoms with van der Waals surface area (Å²) in [5, 5.41) is 1.26. The molecule has 1 heterocycles. The first kappa shape index (κ1) is 17.3. The van der Waals surface area contributed by atoms with Crippen molar-refractivity contribution in [2.75, 3.05) is 13.1 Å². The van der Waals surface area contributed by atoms with Gasteiger partial charge in [0.1, 0.15) is 0 Å². The average molecular weight is 362 g/mol. The number of rotatable bonds is 4. The van der Waals surface area contributed by atoms with E-state index in [0.717, 1.165) is 31.5 Å². The molecule has 1 saturated heterocycles. The molecule has 0 atom stereocenters. The Morgan fingerprint density at radius 1 is 1.04 bits per heavy atom. The first-order valence-electron chi connectivity index (χ1n) is 8.40. The van der Waals surface area contributed by atoms with Gasteiger partial charge in [-0.2, -0.15) is 0 Å². The molecule has 0 unspecified atom stereocenters. The van der Waals surface area contributed by atoms with E-state index in [1.165, 1.54) is 5.56 Å². The smallest absolute Gasteiger partial charge is 0.222 e. The van der Waals surface area contributed by atoms with E-state index in [2.05, 4.69) is 24.3 Å². The lowest BCUT2D eigenvalue weighted by atomic mass is 9.89. The van der Waals surface area contributed by atoms with Crippen molar-refractivity contribution >= 4 is 29.1 Å². The third-order valence-electron chi connectivity index (χ3n) is 4.74. The highest BCUT2D eigenvalue weighted by atomic mass is 35.5. The molecule has 0 spiro atoms. The molecule has 2 aromatic carbocycles. The van der Waals surface area contributed by atoms with Crippen LogP contribution in [0.2, 0.25) is 10.0 Å². The van der Waals surface area contributed by atoms with Crippen molar-refractivity contribution in [2.45, 2.75) is 31.6 Å². The molecule has 0 aromatic heterocycles. The lowest BCUT2D eigenvalue weighted by Crippen LogP contribution is -2.38. The number of hydrogen-bond donors (Lipinski definition) is 0. The van der Waals surface area contributed by atoms with Crippen molar-refractivity contribution in [2.24, 2.45) is 0 Å². The van der Waals surface area contributed by atoms with Crippen molar-refractivity contribution in [1.82, 2.24) is 4.90 Å². The molecule has 2 nitrogen and oxygen atoms in total. The van der Waals surface area contributed by atoms with Gasteiger partial charge in [-0.15, -0.1) is 0 Å². The zero-order valence-corrected chi connectivity index (χ0v) is 15.1. The summed E-state index contributed by atoms with van der Waals surface area (Å²) in [6.07, 6.45) is 3.24. The average Bonchev–Trinajstić information content (AvgIpc) is 2.62. The molecule has 3 rings (SSSR count). The second kappa shape index (κ2) is 8.04. The van der Waals surface area contributed by atoms with Crippen LogP contribution in [0, 0.1) is 0 Å². The van der Waals surface area contributed by atoms with Gasteiger partial charge in [-0.3, -0.25) is 4.79 Å². The molecule has 1 amide bonds. The fourth-order valence-electron chi connectivity index (χ4n) is 3.31. The van der Waals surface area contributed by atoms with Crippen LogP contribution in [0.3, 0.4) is 0 Å². The summed E-state index contributed by atoms with van der Waals surface area (Å²) in [7, 11) is 0. The zero-order chi connectivity index (χ0) is 16.9. The second-order valence-corrected chi connectivity index (χ2v) is 7.15. The molecule has 4 heteroatoms. The molecule has 1 aliphatic rings. The van der Waals surface area contributed by atoms with Crippen LogP contribution < -0.4 is 0 Å². The number of likely N-dealkylation sites (tertiary alicyclic amines) is 1. The number of aryl methyl sites for hydroxylation is 1. The van der Waals surface area contributed by atoms with Crippen molar-refractivity contribution < 1.29 is 4.79 Å². The van der Waals surface area contributed by atoms with Crippen LogP contribution in [0.4, 0.5) is 0 Å². The third kappa shape index (κ3) is 4.31. The normalized spacial score (nSPS) is 15.5. The fraction of sp³-hybridized carbons (Fsp3) is 0.350. The Bertz CT molecular complexity index is 694. The third-order valence-corrected chi connectivity index (χ3v) is 5.33. The van der Waals surface area contributed by atoms with Crippen molar-refractivity contribution in [3.8, 4) is 0 Å². The van der Waals surface area contributed by atoms with Crippen LogP contribution in [0.25, 0.3) is 0 Å². The SMILES string of the molecule is O=C(CCc1ccc(Cl)cc1Cl)N1CCC(c2ccccc2)CC1. The maximum atomic E-state index is 12.4. The molecule has 2 aromatic rings. The first-order valence-corrected chi connectivity index (χ1v) is 9.16. The van der Waals surface area contributed by atoms with E-state index in [1.54, 1.807) is 6.07 Å². The molecule has 0 aliphatic carbocycles. The molecular formula is C20H21Cl2NO. The fourth-order valence-corrected chi connectivity index (χ4v) is 3.81. The maximum Gasteiger partial charge on any atom is 0.222 e. The number of piperidine rings is 1. The van der Waals surface area contributed by atoms with Crippen LogP contribution in [-0.4, -0.2) is 23.9 Å². The summed E-state index contributed by atoms with van der Waals surface area (Å²) in [6, 6.07) is 16.0. The van der Waals surface area contributed by atoms with E-state index in [1.807, 2.05) is 23.1 Å². The number of carbonyl (C=O) groups is 1. The predicted molar refractivity (Wildman–Crippen MR) is 99.8 cm³/mol. The quantitative estimate of drug-likeness (QED) is 0.720. The molecular weight excluding hydrogens is 341 g/mol. The molecule has 1 fully saturated rings. The number of nitrogens with zero attached hydrogens (tertiary/aromatic N) is 1. The lowest BCUT2D eigenvalue weighted by Gasteiger charge is -2.32. The highest BCUT2D eigenvalue weighted by Crippen LogP contribution is 2.28. The van der Waals surface area contributed by atoms with Gasteiger partial charge in [0.15, 0.2) is 0 Å². The molecule has 0 saturated carbocycles. The summed E-state index contributed by atoms with van der Waals surface area (Å²) < 4.78 is 0. The van der Waals surface area contributed by atoms with Gasteiger partial charge in [-0.05, 0) is 48.4 Å². The largest absolute Gasteiger partial charge is 0.343 e. The molecule has 24 heavy (non-hydrogen) atoms. The van der Waals surface area contributed by atoms with Crippen LogP contribution in [0.15, 0.2) is 48.5 Å². The van der Waals surface area contributed by atoms with Gasteiger partial charge in [-0.25, -0.2) is 0 Å². The van der Waals surface area contributed by atoms with E-state index < -0.39 is 0 Å². The topological polar surface area (TPSA) is 20.3 Å². The summed E-state index contributed by atoms with van der Waals surface area (Å²) in [5.41, 5.74) is 2.37. The van der Waals surface area contributed by atoms with Crippen LogP contribution >= 0.6 is 23.2 Å². The van der Waals surface area contributed by atoms with Gasteiger partial charge >= 0.3 is 0 Å². The van der Waals surface area contributed by atoms with Crippen molar-refractivity contribution in [1.29, 1.82) is 0 Å². The minimum atomic E-state index is 0.215. The number of amides is 1. The van der Waals surface area contributed by atoms with Crippen LogP contribution in [0.5, 0.6) is 0 Å². The lowest BCUT2D eigenvalue weighted by molar-refractivity contribution is -0.132. The second-order valence-electron chi connectivity index (χ2n) is 6.30. The molecule has 0 N–H and O–H groups in total. The Hall–Kier alpha value is -1.51. The molecule has 126 valence electrons. The Kier molecular flexibility index (Phi) is 5.80. The van der Waals surface area contributed by atoms with Gasteiger partial charge in [0.05, 0.1) is 0 Å². The number of carbonyl (C=O) groups excluding carboxylic acids is 1. The number of halogens is 2. The summed E-state index contributed by atoms with van der Waals surface area (Å²) in [6.45, 7) is 1.68. The van der Waals surface area contributed by atoms with E-state index in [0.29, 0.717) is 28.8 Å². The van der Waals surface area contributed by atoms with Crippen LogP contribution in [-0.2, 0) is 11.2 Å². The highest BCUT2D eigenvalue weighted by molar-refractivity contribution is 6.35. The van der Waals surface area contributed by atoms with Crippen molar-refractivity contribution in [3.63, 3.8) is 0 Å². The van der Waals surface area contributed by atoms with Gasteiger partial charge in [-0.1, -0.05) is 59.6 Å². The minimum absolute atomic E-state index is 0.215. The Morgan fingerprint density at radius 3 is 2.42 bits per heavy atom. The van der Waals surface area contributed by atoms with Gasteiger partial charge in [0.2, 0.25) is 5.91 Å². The van der Waals surface area contributed by atoms with Crippen molar-refractivity contribution in [3.05, 3.63) is 69.7 Å². The van der Waals surface area contributed by atoms with E-state index in [9.17, 15) is 4.79 Å². The molecule has 1 aliphatic heterocycles. The molecule has 0 radical (unpaired) electrons. The Morgan fingerprint density at radius 2 is 1.75 bits per heavy atom. The molecule has 0 bridgehead atoms. The summed E-state index contributed by atoms with van der Waals surface area (Å²) in [4.78, 5) is 14.4. The van der Waals surface area contributed by atoms with Gasteiger partial charge in [0.25, 0.3) is 0 Å². The number of hydrogen-bond acceptors (Lipinski definition) is 1. The van der Waals surface area contributed by atoms with E-state index in [4.69, 9.17) is 23.2 Å². The van der Waals surface area contributed by atoms with E-state index >= 15 is 0 Å². The Labute approximate surface area is 153 Å². The highest BCUT2D eigenvalue weighted by Gasteiger charge is 2.23. The monoisotopic (exact) mass is 361 g/mol. The van der Waals surface area contributed by atoms with E-state index in [-0.39, 0.29) is 5.91 Å². The number of benzene rings is 2. The summed E-state index contributed by atoms with van der Waals surface area (Å²) >= 11 is 12.1. The zero-order valence-electron chi connectivity index (χ0n) is 13.6. The standard InChI is InChI=1S/C20H21Cl2NO/c21-18-8-6-17(19(22)14-18)7-9-20(24)23-12-10-16(11-13-23)15-4-2-1-3-5-15/h1-6,8,14,16H,7,9-13H2. The minimum Gasteiger partial charge on any atom is -0.343 e. The van der Waals surface area contributed by atoms with Gasteiger partial charge < -0.3 is 4.90 Å². The Balaban J connectivity index is 1.50.